The predicted octanol–water partition coefficient (Wildman–Crippen LogP) is 2.07. The summed E-state index contributed by atoms with van der Waals surface area (Å²) in [6, 6.07) is 0. The van der Waals surface area contributed by atoms with E-state index < -0.39 is 5.60 Å². The number of ether oxygens (including phenoxy) is 1. The number of aliphatic hydroxyl groups is 1. The van der Waals surface area contributed by atoms with Gasteiger partial charge in [-0.2, -0.15) is 0 Å². The summed E-state index contributed by atoms with van der Waals surface area (Å²) in [4.78, 5) is 0. The standard InChI is InChI=1S/C15H27NO2/c1-10-3-4-11(2)15(17,7-10)14(9-16)8-12-5-6-13(14)18-12/h10-13,17H,3-9,16H2,1-2H3. The summed E-state index contributed by atoms with van der Waals surface area (Å²) in [5, 5.41) is 11.4. The van der Waals surface area contributed by atoms with Crippen LogP contribution in [0.1, 0.15) is 52.4 Å². The molecule has 3 heteroatoms. The molecule has 2 bridgehead atoms. The van der Waals surface area contributed by atoms with Crippen LogP contribution in [0.3, 0.4) is 0 Å². The molecule has 6 unspecified atom stereocenters. The van der Waals surface area contributed by atoms with Gasteiger partial charge in [0.05, 0.1) is 17.8 Å². The fourth-order valence-electron chi connectivity index (χ4n) is 4.95. The maximum absolute atomic E-state index is 11.4. The van der Waals surface area contributed by atoms with Crippen molar-refractivity contribution in [3.8, 4) is 0 Å². The molecule has 1 aliphatic carbocycles. The van der Waals surface area contributed by atoms with Gasteiger partial charge in [-0.1, -0.05) is 20.3 Å². The van der Waals surface area contributed by atoms with Crippen molar-refractivity contribution >= 4 is 0 Å². The Morgan fingerprint density at radius 2 is 1.94 bits per heavy atom. The number of hydrogen-bond acceptors (Lipinski definition) is 3. The molecule has 0 amide bonds. The van der Waals surface area contributed by atoms with E-state index in [-0.39, 0.29) is 11.5 Å². The van der Waals surface area contributed by atoms with Crippen LogP contribution in [0.4, 0.5) is 0 Å². The lowest BCUT2D eigenvalue weighted by Crippen LogP contribution is -2.62. The fraction of sp³-hybridized carbons (Fsp3) is 1.00. The van der Waals surface area contributed by atoms with Crippen molar-refractivity contribution in [2.24, 2.45) is 23.0 Å². The van der Waals surface area contributed by atoms with Gasteiger partial charge in [-0.05, 0) is 43.9 Å². The molecule has 2 saturated heterocycles. The average molecular weight is 253 g/mol. The summed E-state index contributed by atoms with van der Waals surface area (Å²) < 4.78 is 6.04. The van der Waals surface area contributed by atoms with Gasteiger partial charge < -0.3 is 15.6 Å². The lowest BCUT2D eigenvalue weighted by atomic mass is 9.54. The summed E-state index contributed by atoms with van der Waals surface area (Å²) in [7, 11) is 0. The van der Waals surface area contributed by atoms with Gasteiger partial charge in [-0.3, -0.25) is 0 Å². The first kappa shape index (κ1) is 12.9. The van der Waals surface area contributed by atoms with Gasteiger partial charge in [0.2, 0.25) is 0 Å². The van der Waals surface area contributed by atoms with Crippen molar-refractivity contribution < 1.29 is 9.84 Å². The van der Waals surface area contributed by atoms with Gasteiger partial charge in [0.1, 0.15) is 0 Å². The Morgan fingerprint density at radius 3 is 2.50 bits per heavy atom. The Kier molecular flexibility index (Phi) is 3.00. The molecule has 3 rings (SSSR count). The smallest absolute Gasteiger partial charge is 0.0769 e. The molecule has 3 nitrogen and oxygen atoms in total. The SMILES string of the molecule is CC1CCC(C)C(O)(C2(CN)CC3CCC2O3)C1. The Bertz CT molecular complexity index is 334. The van der Waals surface area contributed by atoms with E-state index in [4.69, 9.17) is 10.5 Å². The third kappa shape index (κ3) is 1.53. The van der Waals surface area contributed by atoms with Crippen molar-refractivity contribution in [3.05, 3.63) is 0 Å². The molecule has 0 aromatic carbocycles. The van der Waals surface area contributed by atoms with Crippen LogP contribution in [0.2, 0.25) is 0 Å². The van der Waals surface area contributed by atoms with Gasteiger partial charge in [-0.25, -0.2) is 0 Å². The van der Waals surface area contributed by atoms with E-state index in [1.165, 1.54) is 6.42 Å². The minimum Gasteiger partial charge on any atom is -0.389 e. The predicted molar refractivity (Wildman–Crippen MR) is 71.1 cm³/mol. The highest BCUT2D eigenvalue weighted by Crippen LogP contribution is 2.58. The number of rotatable bonds is 2. The normalized spacial score (nSPS) is 56.0. The molecule has 6 atom stereocenters. The number of fused-ring (bicyclic) bond motifs is 2. The third-order valence-corrected chi connectivity index (χ3v) is 6.11. The highest BCUT2D eigenvalue weighted by molar-refractivity contribution is 5.14. The summed E-state index contributed by atoms with van der Waals surface area (Å²) in [6.07, 6.45) is 7.03. The Morgan fingerprint density at radius 1 is 1.17 bits per heavy atom. The van der Waals surface area contributed by atoms with Gasteiger partial charge in [-0.15, -0.1) is 0 Å². The first-order chi connectivity index (χ1) is 8.52. The monoisotopic (exact) mass is 253 g/mol. The fourth-order valence-corrected chi connectivity index (χ4v) is 4.95. The third-order valence-electron chi connectivity index (χ3n) is 6.11. The van der Waals surface area contributed by atoms with Crippen LogP contribution in [-0.4, -0.2) is 29.5 Å². The Labute approximate surface area is 110 Å². The molecule has 0 aromatic rings. The van der Waals surface area contributed by atoms with Gasteiger partial charge in [0, 0.05) is 12.0 Å². The van der Waals surface area contributed by atoms with E-state index in [0.29, 0.717) is 24.5 Å². The van der Waals surface area contributed by atoms with Crippen molar-refractivity contribution in [3.63, 3.8) is 0 Å². The highest BCUT2D eigenvalue weighted by atomic mass is 16.5. The van der Waals surface area contributed by atoms with Crippen LogP contribution in [-0.2, 0) is 4.74 Å². The number of hydrogen-bond donors (Lipinski definition) is 2. The quantitative estimate of drug-likeness (QED) is 0.792. The molecular weight excluding hydrogens is 226 g/mol. The molecule has 0 aromatic heterocycles. The zero-order chi connectivity index (χ0) is 13.0. The molecule has 2 heterocycles. The zero-order valence-corrected chi connectivity index (χ0v) is 11.7. The summed E-state index contributed by atoms with van der Waals surface area (Å²) >= 11 is 0. The maximum Gasteiger partial charge on any atom is 0.0769 e. The molecular formula is C15H27NO2. The summed E-state index contributed by atoms with van der Waals surface area (Å²) in [5.41, 5.74) is 5.35. The van der Waals surface area contributed by atoms with E-state index in [9.17, 15) is 5.11 Å². The Balaban J connectivity index is 1.95. The molecule has 0 radical (unpaired) electrons. The largest absolute Gasteiger partial charge is 0.389 e. The Hall–Kier alpha value is -0.120. The molecule has 18 heavy (non-hydrogen) atoms. The summed E-state index contributed by atoms with van der Waals surface area (Å²) in [5.74, 6) is 0.953. The summed E-state index contributed by atoms with van der Waals surface area (Å²) in [6.45, 7) is 5.03. The number of nitrogens with two attached hydrogens (primary N) is 1. The average Bonchev–Trinajstić information content (AvgIpc) is 2.94. The maximum atomic E-state index is 11.4. The van der Waals surface area contributed by atoms with Crippen molar-refractivity contribution in [2.45, 2.75) is 70.2 Å². The minimum atomic E-state index is -0.612. The second kappa shape index (κ2) is 4.19. The molecule has 3 aliphatic rings. The van der Waals surface area contributed by atoms with Gasteiger partial charge >= 0.3 is 0 Å². The molecule has 0 spiro atoms. The van der Waals surface area contributed by atoms with Gasteiger partial charge in [0.25, 0.3) is 0 Å². The van der Waals surface area contributed by atoms with Gasteiger partial charge in [0.15, 0.2) is 0 Å². The van der Waals surface area contributed by atoms with E-state index in [1.54, 1.807) is 0 Å². The van der Waals surface area contributed by atoms with E-state index in [1.807, 2.05) is 0 Å². The topological polar surface area (TPSA) is 55.5 Å². The van der Waals surface area contributed by atoms with E-state index >= 15 is 0 Å². The minimum absolute atomic E-state index is 0.177. The van der Waals surface area contributed by atoms with Crippen molar-refractivity contribution in [1.29, 1.82) is 0 Å². The van der Waals surface area contributed by atoms with Crippen molar-refractivity contribution in [1.82, 2.24) is 0 Å². The molecule has 2 aliphatic heterocycles. The molecule has 104 valence electrons. The first-order valence-corrected chi connectivity index (χ1v) is 7.60. The van der Waals surface area contributed by atoms with E-state index in [2.05, 4.69) is 13.8 Å². The van der Waals surface area contributed by atoms with Crippen LogP contribution in [0.15, 0.2) is 0 Å². The second-order valence-corrected chi connectivity index (χ2v) is 7.10. The van der Waals surface area contributed by atoms with Crippen LogP contribution in [0, 0.1) is 17.3 Å². The highest BCUT2D eigenvalue weighted by Gasteiger charge is 2.64. The lowest BCUT2D eigenvalue weighted by Gasteiger charge is -2.54. The second-order valence-electron chi connectivity index (χ2n) is 7.10. The van der Waals surface area contributed by atoms with Crippen LogP contribution < -0.4 is 5.73 Å². The zero-order valence-electron chi connectivity index (χ0n) is 11.7. The van der Waals surface area contributed by atoms with Crippen molar-refractivity contribution in [2.75, 3.05) is 6.54 Å². The van der Waals surface area contributed by atoms with Crippen LogP contribution >= 0.6 is 0 Å². The van der Waals surface area contributed by atoms with Crippen LogP contribution in [0.25, 0.3) is 0 Å². The molecule has 3 N–H and O–H groups in total. The molecule has 1 saturated carbocycles. The first-order valence-electron chi connectivity index (χ1n) is 7.60. The molecule has 3 fully saturated rings. The van der Waals surface area contributed by atoms with E-state index in [0.717, 1.165) is 32.1 Å². The lowest BCUT2D eigenvalue weighted by molar-refractivity contribution is -0.169. The van der Waals surface area contributed by atoms with Crippen LogP contribution in [0.5, 0.6) is 0 Å².